The quantitative estimate of drug-likeness (QED) is 0.809. The van der Waals surface area contributed by atoms with Crippen LogP contribution in [0.25, 0.3) is 0 Å². The minimum Gasteiger partial charge on any atom is -0.290 e. The number of aryl methyl sites for hydroxylation is 1. The maximum Gasteiger partial charge on any atom is 0.106 e. The van der Waals surface area contributed by atoms with Gasteiger partial charge in [-0.05, 0) is 51.0 Å². The number of benzene rings is 1. The second-order valence-corrected chi connectivity index (χ2v) is 7.03. The normalized spacial score (nSPS) is 22.9. The smallest absolute Gasteiger partial charge is 0.106 e. The van der Waals surface area contributed by atoms with E-state index in [1.165, 1.54) is 16.7 Å². The summed E-state index contributed by atoms with van der Waals surface area (Å²) >= 11 is 0. The molecule has 116 valence electrons. The summed E-state index contributed by atoms with van der Waals surface area (Å²) in [5, 5.41) is 2.15. The predicted molar refractivity (Wildman–Crippen MR) is 88.2 cm³/mol. The van der Waals surface area contributed by atoms with Crippen molar-refractivity contribution in [3.8, 4) is 0 Å². The molecule has 1 aliphatic rings. The summed E-state index contributed by atoms with van der Waals surface area (Å²) in [4.78, 5) is 10.5. The summed E-state index contributed by atoms with van der Waals surface area (Å²) in [6.07, 6.45) is 4.78. The summed E-state index contributed by atoms with van der Waals surface area (Å²) in [6.45, 7) is 8.69. The number of aromatic nitrogens is 1. The summed E-state index contributed by atoms with van der Waals surface area (Å²) < 4.78 is 0. The van der Waals surface area contributed by atoms with Crippen molar-refractivity contribution in [2.75, 3.05) is 0 Å². The second-order valence-electron chi connectivity index (χ2n) is 7.03. The molecule has 1 saturated heterocycles. The average Bonchev–Trinajstić information content (AvgIpc) is 2.94. The summed E-state index contributed by atoms with van der Waals surface area (Å²) in [6, 6.07) is 13.1. The first kappa shape index (κ1) is 15.2. The van der Waals surface area contributed by atoms with Crippen molar-refractivity contribution in [1.29, 1.82) is 0 Å². The van der Waals surface area contributed by atoms with Gasteiger partial charge in [0.05, 0.1) is 6.04 Å². The Bertz CT molecular complexity index is 616. The van der Waals surface area contributed by atoms with Crippen LogP contribution in [0.2, 0.25) is 0 Å². The van der Waals surface area contributed by atoms with Crippen LogP contribution in [0.1, 0.15) is 56.0 Å². The van der Waals surface area contributed by atoms with E-state index in [4.69, 9.17) is 4.84 Å². The molecular formula is C19H24N2O. The third-order valence-corrected chi connectivity index (χ3v) is 4.16. The fourth-order valence-electron chi connectivity index (χ4n) is 3.01. The van der Waals surface area contributed by atoms with Crippen LogP contribution in [0.5, 0.6) is 0 Å². The van der Waals surface area contributed by atoms with E-state index in [1.54, 1.807) is 0 Å². The zero-order valence-electron chi connectivity index (χ0n) is 13.8. The Labute approximate surface area is 132 Å². The zero-order chi connectivity index (χ0) is 15.7. The number of nitrogens with zero attached hydrogens (tertiary/aromatic N) is 2. The molecule has 0 spiro atoms. The Hall–Kier alpha value is -1.71. The Balaban J connectivity index is 1.90. The highest BCUT2D eigenvalue weighted by Gasteiger charge is 2.41. The number of hydroxylamine groups is 2. The van der Waals surface area contributed by atoms with Crippen LogP contribution in [0.4, 0.5) is 0 Å². The molecule has 0 radical (unpaired) electrons. The van der Waals surface area contributed by atoms with Crippen LogP contribution >= 0.6 is 0 Å². The standard InChI is InChI=1S/C19H24N2O/c1-14-5-7-16(8-6-14)18-13-17(15-9-11-20-12-10-15)21(22-18)19(2,3)4/h5-12,17-18H,13H2,1-4H3/t17-,18+/m1/s1. The van der Waals surface area contributed by atoms with Gasteiger partial charge in [0.15, 0.2) is 0 Å². The first-order valence-corrected chi connectivity index (χ1v) is 7.88. The van der Waals surface area contributed by atoms with Gasteiger partial charge < -0.3 is 0 Å². The molecule has 1 aromatic carbocycles. The van der Waals surface area contributed by atoms with E-state index in [0.29, 0.717) is 0 Å². The molecule has 0 unspecified atom stereocenters. The third-order valence-electron chi connectivity index (χ3n) is 4.16. The number of hydrogen-bond acceptors (Lipinski definition) is 3. The summed E-state index contributed by atoms with van der Waals surface area (Å²) in [7, 11) is 0. The molecule has 0 aliphatic carbocycles. The second kappa shape index (κ2) is 5.82. The highest BCUT2D eigenvalue weighted by Crippen LogP contribution is 2.45. The molecule has 2 atom stereocenters. The third kappa shape index (κ3) is 3.06. The highest BCUT2D eigenvalue weighted by molar-refractivity contribution is 5.25. The fourth-order valence-corrected chi connectivity index (χ4v) is 3.01. The fraction of sp³-hybridized carbons (Fsp3) is 0.421. The molecule has 0 amide bonds. The zero-order valence-corrected chi connectivity index (χ0v) is 13.8. The van der Waals surface area contributed by atoms with E-state index < -0.39 is 0 Å². The summed E-state index contributed by atoms with van der Waals surface area (Å²) in [5.41, 5.74) is 3.74. The first-order valence-electron chi connectivity index (χ1n) is 7.88. The largest absolute Gasteiger partial charge is 0.290 e. The first-order chi connectivity index (χ1) is 10.4. The lowest BCUT2D eigenvalue weighted by Crippen LogP contribution is -2.39. The minimum absolute atomic E-state index is 0.0482. The van der Waals surface area contributed by atoms with Crippen LogP contribution in [-0.2, 0) is 4.84 Å². The lowest BCUT2D eigenvalue weighted by molar-refractivity contribution is -0.215. The van der Waals surface area contributed by atoms with Crippen LogP contribution in [0.15, 0.2) is 48.8 Å². The van der Waals surface area contributed by atoms with Gasteiger partial charge in [-0.1, -0.05) is 29.8 Å². The van der Waals surface area contributed by atoms with E-state index >= 15 is 0 Å². The van der Waals surface area contributed by atoms with E-state index in [0.717, 1.165) is 6.42 Å². The molecule has 3 rings (SSSR count). The lowest BCUT2D eigenvalue weighted by atomic mass is 9.96. The monoisotopic (exact) mass is 296 g/mol. The highest BCUT2D eigenvalue weighted by atomic mass is 16.7. The lowest BCUT2D eigenvalue weighted by Gasteiger charge is -2.35. The van der Waals surface area contributed by atoms with Crippen LogP contribution in [-0.4, -0.2) is 15.6 Å². The van der Waals surface area contributed by atoms with E-state index in [2.05, 4.69) is 74.1 Å². The molecule has 2 heterocycles. The molecule has 22 heavy (non-hydrogen) atoms. The van der Waals surface area contributed by atoms with E-state index in [9.17, 15) is 0 Å². The Kier molecular flexibility index (Phi) is 4.02. The molecule has 1 aromatic heterocycles. The van der Waals surface area contributed by atoms with Gasteiger partial charge >= 0.3 is 0 Å². The maximum atomic E-state index is 6.33. The van der Waals surface area contributed by atoms with Crippen molar-refractivity contribution < 1.29 is 4.84 Å². The van der Waals surface area contributed by atoms with Gasteiger partial charge in [0.25, 0.3) is 0 Å². The van der Waals surface area contributed by atoms with Crippen molar-refractivity contribution in [3.63, 3.8) is 0 Å². The number of hydrogen-bond donors (Lipinski definition) is 0. The van der Waals surface area contributed by atoms with Crippen molar-refractivity contribution in [1.82, 2.24) is 10.0 Å². The SMILES string of the molecule is Cc1ccc([C@@H]2C[C@H](c3ccncc3)N(C(C)(C)C)O2)cc1. The van der Waals surface area contributed by atoms with Gasteiger partial charge in [-0.25, -0.2) is 0 Å². The predicted octanol–water partition coefficient (Wildman–Crippen LogP) is 4.61. The van der Waals surface area contributed by atoms with Crippen LogP contribution < -0.4 is 0 Å². The van der Waals surface area contributed by atoms with Crippen molar-refractivity contribution in [2.24, 2.45) is 0 Å². The van der Waals surface area contributed by atoms with Gasteiger partial charge in [-0.2, -0.15) is 5.06 Å². The van der Waals surface area contributed by atoms with Gasteiger partial charge in [0.2, 0.25) is 0 Å². The molecule has 3 nitrogen and oxygen atoms in total. The van der Waals surface area contributed by atoms with Gasteiger partial charge in [0, 0.05) is 24.4 Å². The van der Waals surface area contributed by atoms with Crippen LogP contribution in [0, 0.1) is 6.92 Å². The number of pyridine rings is 1. The average molecular weight is 296 g/mol. The van der Waals surface area contributed by atoms with Crippen molar-refractivity contribution in [3.05, 3.63) is 65.5 Å². The van der Waals surface area contributed by atoms with Crippen LogP contribution in [0.3, 0.4) is 0 Å². The molecule has 0 bridgehead atoms. The Morgan fingerprint density at radius 1 is 1.00 bits per heavy atom. The molecule has 1 aliphatic heterocycles. The van der Waals surface area contributed by atoms with E-state index in [-0.39, 0.29) is 17.7 Å². The van der Waals surface area contributed by atoms with Gasteiger partial charge in [0.1, 0.15) is 6.10 Å². The Morgan fingerprint density at radius 2 is 1.64 bits per heavy atom. The molecule has 3 heteroatoms. The molecule has 0 saturated carbocycles. The van der Waals surface area contributed by atoms with Crippen molar-refractivity contribution in [2.45, 2.75) is 51.8 Å². The topological polar surface area (TPSA) is 25.4 Å². The summed E-state index contributed by atoms with van der Waals surface area (Å²) in [5.74, 6) is 0. The molecule has 2 aromatic rings. The molecule has 1 fully saturated rings. The molecule has 0 N–H and O–H groups in total. The maximum absolute atomic E-state index is 6.33. The van der Waals surface area contributed by atoms with E-state index in [1.807, 2.05) is 12.4 Å². The minimum atomic E-state index is -0.0482. The van der Waals surface area contributed by atoms with Gasteiger partial charge in [-0.3, -0.25) is 9.82 Å². The van der Waals surface area contributed by atoms with Gasteiger partial charge in [-0.15, -0.1) is 0 Å². The molecular weight excluding hydrogens is 272 g/mol. The Morgan fingerprint density at radius 3 is 2.23 bits per heavy atom. The van der Waals surface area contributed by atoms with Crippen molar-refractivity contribution >= 4 is 0 Å². The number of rotatable bonds is 2.